The topological polar surface area (TPSA) is 119 Å². The van der Waals surface area contributed by atoms with Crippen LogP contribution in [-0.4, -0.2) is 29.9 Å². The molecule has 8 nitrogen and oxygen atoms in total. The Hall–Kier alpha value is -3.08. The van der Waals surface area contributed by atoms with E-state index >= 15 is 0 Å². The largest absolute Gasteiger partial charge is 0.465 e. The van der Waals surface area contributed by atoms with Crippen LogP contribution in [0.2, 0.25) is 5.02 Å². The fourth-order valence-electron chi connectivity index (χ4n) is 2.80. The van der Waals surface area contributed by atoms with Crippen LogP contribution in [0.25, 0.3) is 0 Å². The minimum atomic E-state index is -4.05. The molecule has 3 aromatic carbocycles. The number of hydrogen-bond donors (Lipinski definition) is 2. The van der Waals surface area contributed by atoms with Crippen molar-refractivity contribution in [3.05, 3.63) is 82.9 Å². The van der Waals surface area contributed by atoms with E-state index in [0.29, 0.717) is 5.56 Å². The van der Waals surface area contributed by atoms with Crippen molar-refractivity contribution in [3.8, 4) is 0 Å². The van der Waals surface area contributed by atoms with E-state index in [4.69, 9.17) is 11.6 Å². The molecule has 0 unspecified atom stereocenters. The average Bonchev–Trinajstić information content (AvgIpc) is 2.76. The molecule has 0 aromatic heterocycles. The van der Waals surface area contributed by atoms with Gasteiger partial charge in [0.2, 0.25) is 0 Å². The number of esters is 1. The molecular weight excluding hydrogens is 476 g/mol. The van der Waals surface area contributed by atoms with Crippen LogP contribution < -0.4 is 9.44 Å². The molecule has 0 radical (unpaired) electrons. The zero-order valence-corrected chi connectivity index (χ0v) is 19.4. The van der Waals surface area contributed by atoms with Gasteiger partial charge in [-0.25, -0.2) is 21.6 Å². The Labute approximate surface area is 191 Å². The molecule has 0 bridgehead atoms. The average molecular weight is 495 g/mol. The third kappa shape index (κ3) is 5.21. The number of rotatable bonds is 7. The number of ether oxygens (including phenoxy) is 1. The van der Waals surface area contributed by atoms with Crippen molar-refractivity contribution in [2.45, 2.75) is 16.7 Å². The first-order valence-electron chi connectivity index (χ1n) is 9.13. The predicted molar refractivity (Wildman–Crippen MR) is 122 cm³/mol. The molecular formula is C21H19ClN2O6S2. The quantitative estimate of drug-likeness (QED) is 0.478. The number of aryl methyl sites for hydroxylation is 1. The molecule has 0 amide bonds. The SMILES string of the molecule is COC(=O)c1ccc(S(=O)(=O)Nc2ccc(C)c(S(=O)(=O)Nc3ccccc3Cl)c2)cc1. The summed E-state index contributed by atoms with van der Waals surface area (Å²) >= 11 is 6.04. The third-order valence-electron chi connectivity index (χ3n) is 4.43. The van der Waals surface area contributed by atoms with Crippen molar-refractivity contribution in [3.63, 3.8) is 0 Å². The van der Waals surface area contributed by atoms with Crippen molar-refractivity contribution < 1.29 is 26.4 Å². The Balaban J connectivity index is 1.89. The Morgan fingerprint density at radius 2 is 1.53 bits per heavy atom. The van der Waals surface area contributed by atoms with Gasteiger partial charge in [0.1, 0.15) is 0 Å². The highest BCUT2D eigenvalue weighted by Crippen LogP contribution is 2.27. The van der Waals surface area contributed by atoms with Gasteiger partial charge in [0.05, 0.1) is 38.9 Å². The summed E-state index contributed by atoms with van der Waals surface area (Å²) in [5, 5.41) is 0.223. The summed E-state index contributed by atoms with van der Waals surface area (Å²) in [5.74, 6) is -0.596. The lowest BCUT2D eigenvalue weighted by Crippen LogP contribution is -2.17. The number of sulfonamides is 2. The van der Waals surface area contributed by atoms with Gasteiger partial charge >= 0.3 is 5.97 Å². The molecule has 168 valence electrons. The van der Waals surface area contributed by atoms with Gasteiger partial charge in [-0.15, -0.1) is 0 Å². The lowest BCUT2D eigenvalue weighted by Gasteiger charge is -2.14. The van der Waals surface area contributed by atoms with Gasteiger partial charge in [-0.05, 0) is 61.0 Å². The summed E-state index contributed by atoms with van der Waals surface area (Å²) in [4.78, 5) is 11.3. The summed E-state index contributed by atoms with van der Waals surface area (Å²) in [5.41, 5.74) is 0.855. The van der Waals surface area contributed by atoms with Crippen LogP contribution >= 0.6 is 11.6 Å². The fourth-order valence-corrected chi connectivity index (χ4v) is 5.44. The minimum Gasteiger partial charge on any atom is -0.465 e. The molecule has 0 spiro atoms. The van der Waals surface area contributed by atoms with E-state index < -0.39 is 26.0 Å². The summed E-state index contributed by atoms with van der Waals surface area (Å²) < 4.78 is 60.6. The van der Waals surface area contributed by atoms with Crippen molar-refractivity contribution >= 4 is 49.0 Å². The Bertz CT molecular complexity index is 1370. The highest BCUT2D eigenvalue weighted by molar-refractivity contribution is 7.93. The van der Waals surface area contributed by atoms with E-state index in [2.05, 4.69) is 14.2 Å². The van der Waals surface area contributed by atoms with Gasteiger partial charge < -0.3 is 4.74 Å². The zero-order chi connectivity index (χ0) is 23.5. The summed E-state index contributed by atoms with van der Waals surface area (Å²) in [6, 6.07) is 15.6. The number of halogens is 1. The standard InChI is InChI=1S/C21H19ClN2O6S2/c1-14-7-10-16(13-20(14)32(28,29)24-19-6-4-3-5-18(19)22)23-31(26,27)17-11-8-15(9-12-17)21(25)30-2/h3-13,23-24H,1-2H3. The van der Waals surface area contributed by atoms with Gasteiger partial charge in [-0.1, -0.05) is 29.8 Å². The van der Waals surface area contributed by atoms with Crippen LogP contribution in [0.3, 0.4) is 0 Å². The van der Waals surface area contributed by atoms with Crippen LogP contribution in [-0.2, 0) is 24.8 Å². The maximum atomic E-state index is 12.9. The molecule has 0 heterocycles. The van der Waals surface area contributed by atoms with Gasteiger partial charge in [0, 0.05) is 0 Å². The van der Waals surface area contributed by atoms with E-state index in [9.17, 15) is 21.6 Å². The van der Waals surface area contributed by atoms with Crippen molar-refractivity contribution in [2.24, 2.45) is 0 Å². The normalized spacial score (nSPS) is 11.6. The van der Waals surface area contributed by atoms with Crippen LogP contribution in [0.1, 0.15) is 15.9 Å². The Morgan fingerprint density at radius 3 is 2.16 bits per heavy atom. The maximum Gasteiger partial charge on any atom is 0.337 e. The first-order valence-corrected chi connectivity index (χ1v) is 12.5. The minimum absolute atomic E-state index is 0.0483. The predicted octanol–water partition coefficient (Wildman–Crippen LogP) is 4.04. The molecule has 11 heteroatoms. The number of anilines is 2. The van der Waals surface area contributed by atoms with Crippen LogP contribution in [0.5, 0.6) is 0 Å². The van der Waals surface area contributed by atoms with E-state index in [-0.39, 0.29) is 31.8 Å². The van der Waals surface area contributed by atoms with Gasteiger partial charge in [0.25, 0.3) is 20.0 Å². The number of carbonyl (C=O) groups is 1. The van der Waals surface area contributed by atoms with Crippen molar-refractivity contribution in [1.29, 1.82) is 0 Å². The number of carbonyl (C=O) groups excluding carboxylic acids is 1. The second-order valence-electron chi connectivity index (χ2n) is 6.69. The number of benzene rings is 3. The van der Waals surface area contributed by atoms with E-state index in [1.165, 1.54) is 55.6 Å². The molecule has 0 saturated carbocycles. The van der Waals surface area contributed by atoms with Crippen LogP contribution in [0.15, 0.2) is 76.5 Å². The number of para-hydroxylation sites is 1. The summed E-state index contributed by atoms with van der Waals surface area (Å²) in [6.07, 6.45) is 0. The number of methoxy groups -OCH3 is 1. The first-order chi connectivity index (χ1) is 15.0. The molecule has 2 N–H and O–H groups in total. The lowest BCUT2D eigenvalue weighted by molar-refractivity contribution is 0.0600. The number of nitrogens with one attached hydrogen (secondary N) is 2. The summed E-state index contributed by atoms with van der Waals surface area (Å²) in [7, 11) is -6.87. The Kier molecular flexibility index (Phi) is 6.77. The lowest BCUT2D eigenvalue weighted by atomic mass is 10.2. The first kappa shape index (κ1) is 23.6. The monoisotopic (exact) mass is 494 g/mol. The zero-order valence-electron chi connectivity index (χ0n) is 17.0. The van der Waals surface area contributed by atoms with E-state index in [0.717, 1.165) is 0 Å². The summed E-state index contributed by atoms with van der Waals surface area (Å²) in [6.45, 7) is 1.59. The molecule has 0 aliphatic rings. The highest BCUT2D eigenvalue weighted by atomic mass is 35.5. The smallest absolute Gasteiger partial charge is 0.337 e. The molecule has 0 saturated heterocycles. The fraction of sp³-hybridized carbons (Fsp3) is 0.0952. The third-order valence-corrected chi connectivity index (χ3v) is 7.67. The highest BCUT2D eigenvalue weighted by Gasteiger charge is 2.21. The van der Waals surface area contributed by atoms with Crippen LogP contribution in [0, 0.1) is 6.92 Å². The second kappa shape index (κ2) is 9.19. The number of hydrogen-bond acceptors (Lipinski definition) is 6. The Morgan fingerprint density at radius 1 is 0.875 bits per heavy atom. The second-order valence-corrected chi connectivity index (χ2v) is 10.4. The molecule has 0 aliphatic heterocycles. The molecule has 0 atom stereocenters. The van der Waals surface area contributed by atoms with Gasteiger partial charge in [0.15, 0.2) is 0 Å². The molecule has 0 aliphatic carbocycles. The van der Waals surface area contributed by atoms with Gasteiger partial charge in [-0.2, -0.15) is 0 Å². The van der Waals surface area contributed by atoms with Crippen LogP contribution in [0.4, 0.5) is 11.4 Å². The maximum absolute atomic E-state index is 12.9. The van der Waals surface area contributed by atoms with E-state index in [1.807, 2.05) is 0 Å². The molecule has 3 aromatic rings. The van der Waals surface area contributed by atoms with E-state index in [1.54, 1.807) is 25.1 Å². The molecule has 32 heavy (non-hydrogen) atoms. The van der Waals surface area contributed by atoms with Gasteiger partial charge in [-0.3, -0.25) is 9.44 Å². The molecule has 0 fully saturated rings. The van der Waals surface area contributed by atoms with Crippen molar-refractivity contribution in [2.75, 3.05) is 16.6 Å². The van der Waals surface area contributed by atoms with Crippen molar-refractivity contribution in [1.82, 2.24) is 0 Å². The molecule has 3 rings (SSSR count).